The summed E-state index contributed by atoms with van der Waals surface area (Å²) in [6.45, 7) is 8.00. The molecule has 2 heterocycles. The predicted octanol–water partition coefficient (Wildman–Crippen LogP) is 2.31. The average Bonchev–Trinajstić information content (AvgIpc) is 2.61. The maximum absolute atomic E-state index is 11.0. The summed E-state index contributed by atoms with van der Waals surface area (Å²) < 4.78 is 1.48. The zero-order valence-electron chi connectivity index (χ0n) is 10.0. The van der Waals surface area contributed by atoms with Gasteiger partial charge in [0, 0.05) is 13.2 Å². The molecule has 0 aliphatic rings. The van der Waals surface area contributed by atoms with Crippen LogP contribution in [0.1, 0.15) is 27.7 Å². The number of fused-ring (bicyclic) bond motifs is 1. The zero-order valence-corrected chi connectivity index (χ0v) is 10.0. The van der Waals surface area contributed by atoms with E-state index in [0.29, 0.717) is 5.65 Å². The SMILES string of the molecule is CC.CC.Cn1c(=O)[nH]c2cccnc21. The van der Waals surface area contributed by atoms with E-state index in [1.54, 1.807) is 19.3 Å². The molecule has 0 spiro atoms. The Labute approximate surface area is 90.0 Å². The highest BCUT2D eigenvalue weighted by Crippen LogP contribution is 2.02. The van der Waals surface area contributed by atoms with Crippen molar-refractivity contribution in [3.8, 4) is 0 Å². The number of rotatable bonds is 0. The number of H-pyrrole nitrogens is 1. The van der Waals surface area contributed by atoms with Gasteiger partial charge in [-0.05, 0) is 12.1 Å². The first kappa shape index (κ1) is 13.4. The van der Waals surface area contributed by atoms with Gasteiger partial charge in [0.25, 0.3) is 0 Å². The Kier molecular flexibility index (Phi) is 6.09. The van der Waals surface area contributed by atoms with E-state index in [1.165, 1.54) is 4.57 Å². The second-order valence-corrected chi connectivity index (χ2v) is 2.36. The summed E-state index contributed by atoms with van der Waals surface area (Å²) in [6, 6.07) is 3.61. The summed E-state index contributed by atoms with van der Waals surface area (Å²) in [5, 5.41) is 0. The van der Waals surface area contributed by atoms with Crippen LogP contribution < -0.4 is 5.69 Å². The lowest BCUT2D eigenvalue weighted by Gasteiger charge is -1.88. The molecule has 0 amide bonds. The summed E-state index contributed by atoms with van der Waals surface area (Å²) in [4.78, 5) is 17.7. The molecule has 0 fully saturated rings. The molecule has 2 aromatic rings. The summed E-state index contributed by atoms with van der Waals surface area (Å²) in [5.41, 5.74) is 1.34. The molecule has 4 heteroatoms. The predicted molar refractivity (Wildman–Crippen MR) is 64.0 cm³/mol. The Morgan fingerprint density at radius 3 is 2.40 bits per heavy atom. The number of aromatic nitrogens is 3. The van der Waals surface area contributed by atoms with Crippen LogP contribution in [0.3, 0.4) is 0 Å². The summed E-state index contributed by atoms with van der Waals surface area (Å²) in [5.74, 6) is 0. The van der Waals surface area contributed by atoms with Crippen molar-refractivity contribution in [1.82, 2.24) is 14.5 Å². The van der Waals surface area contributed by atoms with Crippen molar-refractivity contribution in [2.45, 2.75) is 27.7 Å². The van der Waals surface area contributed by atoms with Crippen LogP contribution in [0, 0.1) is 0 Å². The number of nitrogens with one attached hydrogen (secondary N) is 1. The molecule has 0 unspecified atom stereocenters. The Bertz CT molecular complexity index is 442. The largest absolute Gasteiger partial charge is 0.327 e. The number of aromatic amines is 1. The Morgan fingerprint density at radius 1 is 1.27 bits per heavy atom. The normalized spacial score (nSPS) is 8.60. The first-order chi connectivity index (χ1) is 7.29. The standard InChI is InChI=1S/C7H7N3O.2C2H6/c1-10-6-5(9-7(10)11)3-2-4-8-6;2*1-2/h2-4H,1H3,(H,9,11);2*1-2H3. The van der Waals surface area contributed by atoms with Crippen molar-refractivity contribution in [3.05, 3.63) is 28.8 Å². The fourth-order valence-electron chi connectivity index (χ4n) is 1.06. The van der Waals surface area contributed by atoms with Crippen molar-refractivity contribution in [2.75, 3.05) is 0 Å². The summed E-state index contributed by atoms with van der Waals surface area (Å²) in [6.07, 6.45) is 1.66. The van der Waals surface area contributed by atoms with Crippen LogP contribution in [0.5, 0.6) is 0 Å². The van der Waals surface area contributed by atoms with E-state index >= 15 is 0 Å². The molecule has 84 valence electrons. The molecular weight excluding hydrogens is 190 g/mol. The van der Waals surface area contributed by atoms with Crippen LogP contribution in [-0.2, 0) is 7.05 Å². The minimum absolute atomic E-state index is 0.126. The van der Waals surface area contributed by atoms with E-state index in [1.807, 2.05) is 33.8 Å². The van der Waals surface area contributed by atoms with Gasteiger partial charge in [-0.25, -0.2) is 9.78 Å². The van der Waals surface area contributed by atoms with Crippen LogP contribution in [0.15, 0.2) is 23.1 Å². The van der Waals surface area contributed by atoms with E-state index in [9.17, 15) is 4.79 Å². The molecule has 15 heavy (non-hydrogen) atoms. The van der Waals surface area contributed by atoms with Gasteiger partial charge in [-0.2, -0.15) is 0 Å². The molecule has 0 aliphatic carbocycles. The van der Waals surface area contributed by atoms with Crippen molar-refractivity contribution < 1.29 is 0 Å². The number of imidazole rings is 1. The average molecular weight is 209 g/mol. The zero-order chi connectivity index (χ0) is 11.8. The van der Waals surface area contributed by atoms with E-state index < -0.39 is 0 Å². The molecule has 1 N–H and O–H groups in total. The first-order valence-electron chi connectivity index (χ1n) is 5.29. The lowest BCUT2D eigenvalue weighted by Crippen LogP contribution is -2.12. The fourth-order valence-corrected chi connectivity index (χ4v) is 1.06. The van der Waals surface area contributed by atoms with Gasteiger partial charge in [0.05, 0.1) is 5.52 Å². The molecule has 0 saturated heterocycles. The molecule has 0 aromatic carbocycles. The first-order valence-corrected chi connectivity index (χ1v) is 5.29. The fraction of sp³-hybridized carbons (Fsp3) is 0.455. The molecule has 2 rings (SSSR count). The van der Waals surface area contributed by atoms with Crippen LogP contribution in [0.4, 0.5) is 0 Å². The van der Waals surface area contributed by atoms with Gasteiger partial charge < -0.3 is 4.98 Å². The topological polar surface area (TPSA) is 50.7 Å². The Hall–Kier alpha value is -1.58. The minimum atomic E-state index is -0.126. The van der Waals surface area contributed by atoms with E-state index in [2.05, 4.69) is 9.97 Å². The highest BCUT2D eigenvalue weighted by molar-refractivity contribution is 5.69. The molecule has 2 aromatic heterocycles. The highest BCUT2D eigenvalue weighted by atomic mass is 16.1. The highest BCUT2D eigenvalue weighted by Gasteiger charge is 2.00. The number of aryl methyl sites for hydroxylation is 1. The van der Waals surface area contributed by atoms with Gasteiger partial charge in [0.15, 0.2) is 5.65 Å². The van der Waals surface area contributed by atoms with Crippen LogP contribution in [-0.4, -0.2) is 14.5 Å². The molecule has 0 radical (unpaired) electrons. The molecular formula is C11H19N3O. The van der Waals surface area contributed by atoms with E-state index in [-0.39, 0.29) is 5.69 Å². The molecule has 0 bridgehead atoms. The van der Waals surface area contributed by atoms with Crippen LogP contribution in [0.2, 0.25) is 0 Å². The second-order valence-electron chi connectivity index (χ2n) is 2.36. The number of pyridine rings is 1. The molecule has 4 nitrogen and oxygen atoms in total. The quantitative estimate of drug-likeness (QED) is 0.724. The third-order valence-corrected chi connectivity index (χ3v) is 1.65. The maximum atomic E-state index is 11.0. The van der Waals surface area contributed by atoms with E-state index in [0.717, 1.165) is 5.52 Å². The number of hydrogen-bond acceptors (Lipinski definition) is 2. The van der Waals surface area contributed by atoms with Crippen molar-refractivity contribution in [1.29, 1.82) is 0 Å². The molecule has 0 atom stereocenters. The molecule has 0 saturated carbocycles. The smallest absolute Gasteiger partial charge is 0.304 e. The number of hydrogen-bond donors (Lipinski definition) is 1. The van der Waals surface area contributed by atoms with Gasteiger partial charge in [-0.3, -0.25) is 4.57 Å². The van der Waals surface area contributed by atoms with Gasteiger partial charge >= 0.3 is 5.69 Å². The lowest BCUT2D eigenvalue weighted by atomic mass is 10.4. The van der Waals surface area contributed by atoms with Crippen molar-refractivity contribution >= 4 is 11.2 Å². The molecule has 0 aliphatic heterocycles. The summed E-state index contributed by atoms with van der Waals surface area (Å²) in [7, 11) is 1.69. The summed E-state index contributed by atoms with van der Waals surface area (Å²) >= 11 is 0. The van der Waals surface area contributed by atoms with Gasteiger partial charge in [0.2, 0.25) is 0 Å². The van der Waals surface area contributed by atoms with Gasteiger partial charge in [-0.1, -0.05) is 27.7 Å². The minimum Gasteiger partial charge on any atom is -0.304 e. The van der Waals surface area contributed by atoms with Crippen LogP contribution >= 0.6 is 0 Å². The lowest BCUT2D eigenvalue weighted by molar-refractivity contribution is 0.879. The van der Waals surface area contributed by atoms with Gasteiger partial charge in [-0.15, -0.1) is 0 Å². The Balaban J connectivity index is 0.000000442. The third kappa shape index (κ3) is 2.94. The van der Waals surface area contributed by atoms with Crippen molar-refractivity contribution in [3.63, 3.8) is 0 Å². The van der Waals surface area contributed by atoms with Crippen molar-refractivity contribution in [2.24, 2.45) is 7.05 Å². The Morgan fingerprint density at radius 2 is 1.87 bits per heavy atom. The van der Waals surface area contributed by atoms with Gasteiger partial charge in [0.1, 0.15) is 0 Å². The third-order valence-electron chi connectivity index (χ3n) is 1.65. The van der Waals surface area contributed by atoms with E-state index in [4.69, 9.17) is 0 Å². The number of nitrogens with zero attached hydrogens (tertiary/aromatic N) is 2. The second kappa shape index (κ2) is 6.81. The van der Waals surface area contributed by atoms with Crippen LogP contribution in [0.25, 0.3) is 11.2 Å². The maximum Gasteiger partial charge on any atom is 0.327 e. The monoisotopic (exact) mass is 209 g/mol.